The fraction of sp³-hybridized carbons (Fsp3) is 0.0400. The van der Waals surface area contributed by atoms with Gasteiger partial charge < -0.3 is 0 Å². The number of rotatable bonds is 6. The lowest BCUT2D eigenvalue weighted by Gasteiger charge is -2.27. The first kappa shape index (κ1) is 20.5. The van der Waals surface area contributed by atoms with Crippen LogP contribution in [0, 0.1) is 10.1 Å². The maximum atomic E-state index is 11.8. The van der Waals surface area contributed by atoms with Crippen LogP contribution in [0.4, 0.5) is 5.69 Å². The highest BCUT2D eigenvalue weighted by molar-refractivity contribution is 9.10. The van der Waals surface area contributed by atoms with E-state index in [-0.39, 0.29) is 10.6 Å². The van der Waals surface area contributed by atoms with Gasteiger partial charge in [0.05, 0.1) is 10.5 Å². The molecule has 0 saturated carbocycles. The highest BCUT2D eigenvalue weighted by Gasteiger charge is 2.46. The molecular formula is C25H20BrNO2P+. The van der Waals surface area contributed by atoms with Crippen LogP contribution in [0.5, 0.6) is 0 Å². The summed E-state index contributed by atoms with van der Waals surface area (Å²) in [5, 5.41) is 15.4. The molecule has 0 unspecified atom stereocenters. The number of hydrogen-bond donors (Lipinski definition) is 0. The van der Waals surface area contributed by atoms with Gasteiger partial charge >= 0.3 is 0 Å². The van der Waals surface area contributed by atoms with Crippen LogP contribution in [-0.4, -0.2) is 4.92 Å². The predicted molar refractivity (Wildman–Crippen MR) is 130 cm³/mol. The predicted octanol–water partition coefficient (Wildman–Crippen LogP) is 5.85. The summed E-state index contributed by atoms with van der Waals surface area (Å²) in [6.07, 6.45) is 0.570. The molecule has 3 nitrogen and oxygen atoms in total. The van der Waals surface area contributed by atoms with E-state index >= 15 is 0 Å². The first-order valence-electron chi connectivity index (χ1n) is 9.59. The van der Waals surface area contributed by atoms with Crippen molar-refractivity contribution >= 4 is 44.8 Å². The molecule has 0 fully saturated rings. The Hall–Kier alpha value is -2.81. The fourth-order valence-corrected chi connectivity index (χ4v) is 8.54. The van der Waals surface area contributed by atoms with Crippen LogP contribution in [0.25, 0.3) is 0 Å². The third kappa shape index (κ3) is 3.94. The van der Waals surface area contributed by atoms with E-state index in [1.807, 2.05) is 60.7 Å². The smallest absolute Gasteiger partial charge is 0.258 e. The van der Waals surface area contributed by atoms with Crippen molar-refractivity contribution in [2.75, 3.05) is 0 Å². The Morgan fingerprint density at radius 2 is 1.13 bits per heavy atom. The summed E-state index contributed by atoms with van der Waals surface area (Å²) < 4.78 is 0.843. The molecule has 0 amide bonds. The van der Waals surface area contributed by atoms with Crippen molar-refractivity contribution in [3.8, 4) is 0 Å². The molecule has 30 heavy (non-hydrogen) atoms. The zero-order chi connectivity index (χ0) is 21.0. The number of nitrogens with zero attached hydrogens (tertiary/aromatic N) is 1. The highest BCUT2D eigenvalue weighted by atomic mass is 79.9. The molecule has 0 aromatic heterocycles. The van der Waals surface area contributed by atoms with Gasteiger partial charge in [-0.05, 0) is 48.5 Å². The molecule has 0 N–H and O–H groups in total. The Morgan fingerprint density at radius 3 is 1.53 bits per heavy atom. The van der Waals surface area contributed by atoms with Gasteiger partial charge in [0.25, 0.3) is 5.69 Å². The van der Waals surface area contributed by atoms with Gasteiger partial charge in [-0.2, -0.15) is 0 Å². The Labute approximate surface area is 185 Å². The van der Waals surface area contributed by atoms with E-state index < -0.39 is 7.26 Å². The third-order valence-electron chi connectivity index (χ3n) is 5.24. The van der Waals surface area contributed by atoms with Gasteiger partial charge in [0, 0.05) is 10.5 Å². The molecule has 0 spiro atoms. The maximum absolute atomic E-state index is 11.8. The van der Waals surface area contributed by atoms with Gasteiger partial charge in [0.2, 0.25) is 0 Å². The lowest BCUT2D eigenvalue weighted by molar-refractivity contribution is -0.385. The third-order valence-corrected chi connectivity index (χ3v) is 10.1. The van der Waals surface area contributed by atoms with E-state index in [1.165, 1.54) is 15.9 Å². The standard InChI is InChI=1S/C25H20BrNO2P/c26-21-16-17-25(27(28)29)20(18-21)19-30(22-10-4-1-5-11-22,23-12-6-2-7-13-23)24-14-8-3-9-15-24/h1-18H,19H2/q+1. The zero-order valence-corrected chi connectivity index (χ0v) is 18.7. The maximum Gasteiger partial charge on any atom is 0.276 e. The minimum Gasteiger partial charge on any atom is -0.258 e. The lowest BCUT2D eigenvalue weighted by Crippen LogP contribution is -2.32. The van der Waals surface area contributed by atoms with Crippen molar-refractivity contribution in [1.29, 1.82) is 0 Å². The molecule has 148 valence electrons. The van der Waals surface area contributed by atoms with Gasteiger partial charge in [0.15, 0.2) is 0 Å². The second-order valence-corrected chi connectivity index (χ2v) is 11.4. The molecule has 4 aromatic carbocycles. The number of benzene rings is 4. The number of halogens is 1. The fourth-order valence-electron chi connectivity index (χ4n) is 3.88. The summed E-state index contributed by atoms with van der Waals surface area (Å²) >= 11 is 3.51. The minimum absolute atomic E-state index is 0.158. The second-order valence-electron chi connectivity index (χ2n) is 7.00. The number of nitro benzene ring substituents is 1. The molecule has 0 heterocycles. The molecule has 0 aliphatic rings. The average molecular weight is 477 g/mol. The molecule has 4 rings (SSSR count). The Balaban J connectivity index is 2.04. The van der Waals surface area contributed by atoms with E-state index in [0.717, 1.165) is 10.0 Å². The molecule has 0 atom stereocenters. The Morgan fingerprint density at radius 1 is 0.700 bits per heavy atom. The van der Waals surface area contributed by atoms with Crippen LogP contribution < -0.4 is 15.9 Å². The van der Waals surface area contributed by atoms with Gasteiger partial charge in [-0.15, -0.1) is 0 Å². The normalized spacial score (nSPS) is 11.2. The molecule has 0 radical (unpaired) electrons. The highest BCUT2D eigenvalue weighted by Crippen LogP contribution is 2.59. The van der Waals surface area contributed by atoms with Crippen LogP contribution in [-0.2, 0) is 6.16 Å². The molecule has 0 saturated heterocycles. The van der Waals surface area contributed by atoms with Gasteiger partial charge in [0.1, 0.15) is 29.3 Å². The lowest BCUT2D eigenvalue weighted by atomic mass is 10.2. The molecular weight excluding hydrogens is 457 g/mol. The SMILES string of the molecule is O=[N+]([O-])c1ccc(Br)cc1C[P+](c1ccccc1)(c1ccccc1)c1ccccc1. The summed E-state index contributed by atoms with van der Waals surface area (Å²) in [4.78, 5) is 11.6. The summed E-state index contributed by atoms with van der Waals surface area (Å²) in [6.45, 7) is 0. The van der Waals surface area contributed by atoms with Crippen molar-refractivity contribution in [2.45, 2.75) is 6.16 Å². The van der Waals surface area contributed by atoms with Gasteiger partial charge in [-0.1, -0.05) is 70.5 Å². The van der Waals surface area contributed by atoms with Crippen LogP contribution in [0.2, 0.25) is 0 Å². The van der Waals surface area contributed by atoms with Crippen molar-refractivity contribution in [2.24, 2.45) is 0 Å². The zero-order valence-electron chi connectivity index (χ0n) is 16.2. The minimum atomic E-state index is -2.19. The first-order chi connectivity index (χ1) is 14.6. The van der Waals surface area contributed by atoms with Crippen molar-refractivity contribution in [1.82, 2.24) is 0 Å². The van der Waals surface area contributed by atoms with E-state index in [1.54, 1.807) is 12.1 Å². The van der Waals surface area contributed by atoms with Gasteiger partial charge in [-0.25, -0.2) is 0 Å². The van der Waals surface area contributed by atoms with E-state index in [0.29, 0.717) is 6.16 Å². The van der Waals surface area contributed by atoms with E-state index in [9.17, 15) is 10.1 Å². The molecule has 0 aliphatic carbocycles. The topological polar surface area (TPSA) is 43.1 Å². The van der Waals surface area contributed by atoms with Crippen molar-refractivity contribution < 1.29 is 4.92 Å². The summed E-state index contributed by atoms with van der Waals surface area (Å²) in [5.74, 6) is 0. The molecule has 0 aliphatic heterocycles. The first-order valence-corrected chi connectivity index (χ1v) is 12.4. The summed E-state index contributed by atoms with van der Waals surface area (Å²) in [6, 6.07) is 36.4. The average Bonchev–Trinajstić information content (AvgIpc) is 2.79. The molecule has 0 bridgehead atoms. The Kier molecular flexibility index (Phi) is 6.08. The number of nitro groups is 1. The largest absolute Gasteiger partial charge is 0.276 e. The molecule has 5 heteroatoms. The Bertz CT molecular complexity index is 1050. The number of hydrogen-bond acceptors (Lipinski definition) is 2. The van der Waals surface area contributed by atoms with Gasteiger partial charge in [-0.3, -0.25) is 10.1 Å². The van der Waals surface area contributed by atoms with E-state index in [4.69, 9.17) is 0 Å². The second kappa shape index (κ2) is 8.91. The van der Waals surface area contributed by atoms with E-state index in [2.05, 4.69) is 52.3 Å². The van der Waals surface area contributed by atoms with Crippen molar-refractivity contribution in [3.05, 3.63) is 129 Å². The van der Waals surface area contributed by atoms with Crippen LogP contribution >= 0.6 is 23.2 Å². The van der Waals surface area contributed by atoms with Crippen LogP contribution in [0.1, 0.15) is 5.56 Å². The van der Waals surface area contributed by atoms with Crippen LogP contribution in [0.15, 0.2) is 114 Å². The monoisotopic (exact) mass is 476 g/mol. The summed E-state index contributed by atoms with van der Waals surface area (Å²) in [5.41, 5.74) is 0.893. The molecule has 4 aromatic rings. The van der Waals surface area contributed by atoms with Crippen molar-refractivity contribution in [3.63, 3.8) is 0 Å². The van der Waals surface area contributed by atoms with Crippen LogP contribution in [0.3, 0.4) is 0 Å². The summed E-state index contributed by atoms with van der Waals surface area (Å²) in [7, 11) is -2.19. The quantitative estimate of drug-likeness (QED) is 0.199.